The fourth-order valence-electron chi connectivity index (χ4n) is 2.99. The quantitative estimate of drug-likeness (QED) is 0.389. The third-order valence-electron chi connectivity index (χ3n) is 4.40. The molecule has 0 saturated carbocycles. The Bertz CT molecular complexity index is 1080. The first kappa shape index (κ1) is 16.2. The molecule has 0 unspecified atom stereocenters. The summed E-state index contributed by atoms with van der Waals surface area (Å²) >= 11 is 12.7. The van der Waals surface area contributed by atoms with Gasteiger partial charge in [0, 0.05) is 21.0 Å². The van der Waals surface area contributed by atoms with Gasteiger partial charge in [0.1, 0.15) is 0 Å². The molecular formula is C21H16Cl2N2. The summed E-state index contributed by atoms with van der Waals surface area (Å²) in [6.07, 6.45) is 0. The number of halogens is 2. The molecule has 25 heavy (non-hydrogen) atoms. The summed E-state index contributed by atoms with van der Waals surface area (Å²) < 4.78 is 1.95. The summed E-state index contributed by atoms with van der Waals surface area (Å²) in [5.41, 5.74) is 6.01. The Labute approximate surface area is 156 Å². The Kier molecular flexibility index (Phi) is 4.03. The second kappa shape index (κ2) is 6.21. The molecule has 1 heterocycles. The van der Waals surface area contributed by atoms with Gasteiger partial charge in [-0.1, -0.05) is 59.6 Å². The highest BCUT2D eigenvalue weighted by Crippen LogP contribution is 2.34. The van der Waals surface area contributed by atoms with E-state index in [1.54, 1.807) is 0 Å². The van der Waals surface area contributed by atoms with E-state index in [9.17, 15) is 0 Å². The molecule has 0 spiro atoms. The first-order chi connectivity index (χ1) is 12.0. The van der Waals surface area contributed by atoms with E-state index in [0.29, 0.717) is 0 Å². The van der Waals surface area contributed by atoms with Crippen LogP contribution in [-0.2, 0) is 0 Å². The SMILES string of the molecule is Cc1ccc(-n2nc3cc(Cl)c(C)cc3c2-c2ccccc2)cc1Cl. The molecule has 0 aliphatic heterocycles. The third-order valence-corrected chi connectivity index (χ3v) is 5.21. The van der Waals surface area contributed by atoms with Crippen molar-refractivity contribution in [3.63, 3.8) is 0 Å². The van der Waals surface area contributed by atoms with Gasteiger partial charge in [0.25, 0.3) is 0 Å². The zero-order valence-corrected chi connectivity index (χ0v) is 15.4. The van der Waals surface area contributed by atoms with Gasteiger partial charge in [-0.3, -0.25) is 0 Å². The molecule has 0 radical (unpaired) electrons. The van der Waals surface area contributed by atoms with Crippen molar-refractivity contribution in [1.82, 2.24) is 9.78 Å². The van der Waals surface area contributed by atoms with Gasteiger partial charge in [-0.15, -0.1) is 0 Å². The molecule has 0 N–H and O–H groups in total. The maximum Gasteiger partial charge on any atom is 0.0949 e. The minimum Gasteiger partial charge on any atom is -0.232 e. The lowest BCUT2D eigenvalue weighted by atomic mass is 10.1. The van der Waals surface area contributed by atoms with Crippen LogP contribution in [0.1, 0.15) is 11.1 Å². The zero-order chi connectivity index (χ0) is 17.6. The molecule has 3 aromatic carbocycles. The van der Waals surface area contributed by atoms with E-state index in [0.717, 1.165) is 49.0 Å². The first-order valence-electron chi connectivity index (χ1n) is 8.05. The predicted molar refractivity (Wildman–Crippen MR) is 106 cm³/mol. The Morgan fingerprint density at radius 3 is 2.24 bits per heavy atom. The number of nitrogens with zero attached hydrogens (tertiary/aromatic N) is 2. The van der Waals surface area contributed by atoms with Crippen molar-refractivity contribution in [1.29, 1.82) is 0 Å². The molecule has 2 nitrogen and oxygen atoms in total. The van der Waals surface area contributed by atoms with Crippen LogP contribution < -0.4 is 0 Å². The van der Waals surface area contributed by atoms with Gasteiger partial charge in [0.15, 0.2) is 0 Å². The predicted octanol–water partition coefficient (Wildman–Crippen LogP) is 6.62. The standard InChI is InChI=1S/C21H16Cl2N2/c1-13-8-9-16(11-18(13)22)25-21(15-6-4-3-5-7-15)17-10-14(2)19(23)12-20(17)24-25/h3-12H,1-2H3. The molecule has 4 rings (SSSR count). The summed E-state index contributed by atoms with van der Waals surface area (Å²) in [6.45, 7) is 4.00. The molecule has 0 bridgehead atoms. The van der Waals surface area contributed by atoms with Crippen molar-refractivity contribution in [3.05, 3.63) is 81.8 Å². The van der Waals surface area contributed by atoms with Crippen LogP contribution in [0.15, 0.2) is 60.7 Å². The largest absolute Gasteiger partial charge is 0.232 e. The molecule has 4 heteroatoms. The lowest BCUT2D eigenvalue weighted by Crippen LogP contribution is -1.99. The Morgan fingerprint density at radius 1 is 0.800 bits per heavy atom. The number of hydrogen-bond donors (Lipinski definition) is 0. The van der Waals surface area contributed by atoms with Gasteiger partial charge < -0.3 is 0 Å². The van der Waals surface area contributed by atoms with Crippen molar-refractivity contribution in [2.45, 2.75) is 13.8 Å². The van der Waals surface area contributed by atoms with Crippen LogP contribution in [0.5, 0.6) is 0 Å². The van der Waals surface area contributed by atoms with Crippen molar-refractivity contribution >= 4 is 34.1 Å². The van der Waals surface area contributed by atoms with Crippen molar-refractivity contribution < 1.29 is 0 Å². The van der Waals surface area contributed by atoms with Crippen LogP contribution in [0, 0.1) is 13.8 Å². The number of rotatable bonds is 2. The maximum absolute atomic E-state index is 6.35. The highest BCUT2D eigenvalue weighted by Gasteiger charge is 2.16. The minimum absolute atomic E-state index is 0.721. The second-order valence-corrected chi connectivity index (χ2v) is 6.99. The van der Waals surface area contributed by atoms with Crippen LogP contribution in [-0.4, -0.2) is 9.78 Å². The summed E-state index contributed by atoms with van der Waals surface area (Å²) in [7, 11) is 0. The van der Waals surface area contributed by atoms with Gasteiger partial charge in [-0.2, -0.15) is 5.10 Å². The summed E-state index contributed by atoms with van der Waals surface area (Å²) in [4.78, 5) is 0. The Balaban J connectivity index is 2.07. The molecule has 4 aromatic rings. The maximum atomic E-state index is 6.35. The van der Waals surface area contributed by atoms with E-state index in [1.807, 2.05) is 61.0 Å². The van der Waals surface area contributed by atoms with Crippen molar-refractivity contribution in [2.24, 2.45) is 0 Å². The van der Waals surface area contributed by atoms with E-state index in [4.69, 9.17) is 28.3 Å². The molecule has 0 saturated heterocycles. The number of benzene rings is 3. The fraction of sp³-hybridized carbons (Fsp3) is 0.0952. The molecule has 0 fully saturated rings. The monoisotopic (exact) mass is 366 g/mol. The van der Waals surface area contributed by atoms with Gasteiger partial charge in [0.2, 0.25) is 0 Å². The van der Waals surface area contributed by atoms with Gasteiger partial charge in [-0.25, -0.2) is 4.68 Å². The van der Waals surface area contributed by atoms with E-state index in [1.165, 1.54) is 0 Å². The van der Waals surface area contributed by atoms with E-state index in [-0.39, 0.29) is 0 Å². The van der Waals surface area contributed by atoms with Gasteiger partial charge >= 0.3 is 0 Å². The number of aromatic nitrogens is 2. The Morgan fingerprint density at radius 2 is 1.52 bits per heavy atom. The lowest BCUT2D eigenvalue weighted by Gasteiger charge is -2.10. The highest BCUT2D eigenvalue weighted by atomic mass is 35.5. The molecule has 0 aliphatic carbocycles. The van der Waals surface area contributed by atoms with E-state index < -0.39 is 0 Å². The van der Waals surface area contributed by atoms with Crippen LogP contribution >= 0.6 is 23.2 Å². The summed E-state index contributed by atoms with van der Waals surface area (Å²) in [6, 6.07) is 20.3. The van der Waals surface area contributed by atoms with Crippen molar-refractivity contribution in [3.8, 4) is 16.9 Å². The van der Waals surface area contributed by atoms with Crippen LogP contribution in [0.2, 0.25) is 10.0 Å². The van der Waals surface area contributed by atoms with Crippen LogP contribution in [0.25, 0.3) is 27.8 Å². The minimum atomic E-state index is 0.721. The first-order valence-corrected chi connectivity index (χ1v) is 8.81. The number of fused-ring (bicyclic) bond motifs is 1. The lowest BCUT2D eigenvalue weighted by molar-refractivity contribution is 0.903. The molecule has 124 valence electrons. The smallest absolute Gasteiger partial charge is 0.0949 e. The normalized spacial score (nSPS) is 11.2. The summed E-state index contributed by atoms with van der Waals surface area (Å²) in [5.74, 6) is 0. The number of aryl methyl sites for hydroxylation is 2. The molecule has 0 amide bonds. The second-order valence-electron chi connectivity index (χ2n) is 6.18. The van der Waals surface area contributed by atoms with Crippen LogP contribution in [0.3, 0.4) is 0 Å². The molecular weight excluding hydrogens is 351 g/mol. The van der Waals surface area contributed by atoms with Crippen molar-refractivity contribution in [2.75, 3.05) is 0 Å². The molecule has 1 aromatic heterocycles. The molecule has 0 atom stereocenters. The average Bonchev–Trinajstić information content (AvgIpc) is 2.97. The number of hydrogen-bond acceptors (Lipinski definition) is 1. The average molecular weight is 367 g/mol. The van der Waals surface area contributed by atoms with Gasteiger partial charge in [-0.05, 0) is 49.2 Å². The Hall–Kier alpha value is -2.29. The zero-order valence-electron chi connectivity index (χ0n) is 13.9. The summed E-state index contributed by atoms with van der Waals surface area (Å²) in [5, 5.41) is 7.33. The van der Waals surface area contributed by atoms with Crippen LogP contribution in [0.4, 0.5) is 0 Å². The highest BCUT2D eigenvalue weighted by molar-refractivity contribution is 6.32. The topological polar surface area (TPSA) is 17.8 Å². The molecule has 0 aliphatic rings. The van der Waals surface area contributed by atoms with E-state index >= 15 is 0 Å². The fourth-order valence-corrected chi connectivity index (χ4v) is 3.32. The van der Waals surface area contributed by atoms with Gasteiger partial charge in [0.05, 0.1) is 16.9 Å². The third kappa shape index (κ3) is 2.82. The van der Waals surface area contributed by atoms with E-state index in [2.05, 4.69) is 18.2 Å².